The van der Waals surface area contributed by atoms with Crippen LogP contribution in [0.3, 0.4) is 0 Å². The summed E-state index contributed by atoms with van der Waals surface area (Å²) in [7, 11) is 1.64. The van der Waals surface area contributed by atoms with Gasteiger partial charge in [0.2, 0.25) is 0 Å². The van der Waals surface area contributed by atoms with Crippen LogP contribution in [-0.2, 0) is 6.54 Å². The molecule has 150 valence electrons. The molecule has 0 bridgehead atoms. The van der Waals surface area contributed by atoms with Crippen LogP contribution in [0.5, 0.6) is 5.75 Å². The Morgan fingerprint density at radius 3 is 2.69 bits per heavy atom. The fourth-order valence-corrected chi connectivity index (χ4v) is 3.48. The Morgan fingerprint density at radius 2 is 2.00 bits per heavy atom. The molecule has 0 atom stereocenters. The zero-order valence-corrected chi connectivity index (χ0v) is 17.1. The molecule has 3 rings (SSSR count). The summed E-state index contributed by atoms with van der Waals surface area (Å²) in [5.74, 6) is 0.756. The summed E-state index contributed by atoms with van der Waals surface area (Å²) >= 11 is 0. The Kier molecular flexibility index (Phi) is 6.40. The Morgan fingerprint density at radius 1 is 1.17 bits per heavy atom. The lowest BCUT2D eigenvalue weighted by Crippen LogP contribution is -2.29. The lowest BCUT2D eigenvalue weighted by atomic mass is 10.1. The van der Waals surface area contributed by atoms with Crippen molar-refractivity contribution in [3.05, 3.63) is 48.0 Å². The van der Waals surface area contributed by atoms with Gasteiger partial charge in [0, 0.05) is 35.8 Å². The smallest absolute Gasteiger partial charge is 0.319 e. The van der Waals surface area contributed by atoms with E-state index in [1.165, 1.54) is 0 Å². The van der Waals surface area contributed by atoms with Gasteiger partial charge in [0.25, 0.3) is 0 Å². The van der Waals surface area contributed by atoms with Gasteiger partial charge in [-0.1, -0.05) is 26.0 Å². The third-order valence-corrected chi connectivity index (χ3v) is 4.76. The largest absolute Gasteiger partial charge is 0.497 e. The van der Waals surface area contributed by atoms with E-state index in [1.807, 2.05) is 49.4 Å². The van der Waals surface area contributed by atoms with E-state index in [1.54, 1.807) is 7.11 Å². The molecule has 29 heavy (non-hydrogen) atoms. The molecule has 6 nitrogen and oxygen atoms in total. The number of fused-ring (bicyclic) bond motifs is 1. The summed E-state index contributed by atoms with van der Waals surface area (Å²) in [5.41, 5.74) is 4.03. The van der Waals surface area contributed by atoms with Crippen molar-refractivity contribution >= 4 is 22.6 Å². The summed E-state index contributed by atoms with van der Waals surface area (Å²) in [6.07, 6.45) is 1.80. The van der Waals surface area contributed by atoms with E-state index in [4.69, 9.17) is 4.74 Å². The van der Waals surface area contributed by atoms with Crippen molar-refractivity contribution in [1.82, 2.24) is 9.88 Å². The zero-order chi connectivity index (χ0) is 20.8. The molecule has 0 spiro atoms. The van der Waals surface area contributed by atoms with Gasteiger partial charge in [-0.05, 0) is 37.1 Å². The lowest BCUT2D eigenvalue weighted by molar-refractivity contribution is 0.252. The van der Waals surface area contributed by atoms with E-state index in [9.17, 15) is 10.1 Å². The van der Waals surface area contributed by atoms with Gasteiger partial charge < -0.3 is 19.9 Å². The van der Waals surface area contributed by atoms with E-state index in [0.29, 0.717) is 17.8 Å². The lowest BCUT2D eigenvalue weighted by Gasteiger charge is -2.12. The van der Waals surface area contributed by atoms with E-state index in [-0.39, 0.29) is 6.03 Å². The number of hydrogen-bond acceptors (Lipinski definition) is 3. The number of rotatable bonds is 7. The van der Waals surface area contributed by atoms with Gasteiger partial charge in [-0.3, -0.25) is 0 Å². The number of benzene rings is 2. The molecule has 0 fully saturated rings. The Labute approximate surface area is 171 Å². The Balaban J connectivity index is 2.11. The molecule has 0 radical (unpaired) electrons. The first-order chi connectivity index (χ1) is 14.1. The minimum Gasteiger partial charge on any atom is -0.497 e. The highest BCUT2D eigenvalue weighted by Crippen LogP contribution is 2.36. The maximum Gasteiger partial charge on any atom is 0.319 e. The third-order valence-electron chi connectivity index (χ3n) is 4.76. The van der Waals surface area contributed by atoms with Crippen molar-refractivity contribution in [2.24, 2.45) is 0 Å². The molecule has 0 saturated heterocycles. The number of amides is 2. The zero-order valence-electron chi connectivity index (χ0n) is 17.1. The summed E-state index contributed by atoms with van der Waals surface area (Å²) in [6.45, 7) is 5.51. The second kappa shape index (κ2) is 9.16. The van der Waals surface area contributed by atoms with Gasteiger partial charge in [-0.15, -0.1) is 0 Å². The van der Waals surface area contributed by atoms with Crippen molar-refractivity contribution in [3.8, 4) is 23.1 Å². The van der Waals surface area contributed by atoms with Gasteiger partial charge in [-0.25, -0.2) is 4.79 Å². The molecule has 2 amide bonds. The fraction of sp³-hybridized carbons (Fsp3) is 0.304. The maximum atomic E-state index is 12.0. The first-order valence-electron chi connectivity index (χ1n) is 9.88. The minimum absolute atomic E-state index is 0.233. The van der Waals surface area contributed by atoms with E-state index in [0.717, 1.165) is 47.3 Å². The van der Waals surface area contributed by atoms with Crippen LogP contribution >= 0.6 is 0 Å². The first kappa shape index (κ1) is 20.3. The molecule has 2 N–H and O–H groups in total. The van der Waals surface area contributed by atoms with Crippen molar-refractivity contribution < 1.29 is 9.53 Å². The molecule has 0 unspecified atom stereocenters. The van der Waals surface area contributed by atoms with Crippen LogP contribution in [0.1, 0.15) is 32.3 Å². The number of aromatic nitrogens is 1. The molecular weight excluding hydrogens is 364 g/mol. The van der Waals surface area contributed by atoms with Crippen LogP contribution < -0.4 is 15.4 Å². The number of aryl methyl sites for hydroxylation is 1. The second-order valence-electron chi connectivity index (χ2n) is 6.83. The molecule has 0 aliphatic carbocycles. The predicted octanol–water partition coefficient (Wildman–Crippen LogP) is 5.13. The van der Waals surface area contributed by atoms with Crippen LogP contribution in [-0.4, -0.2) is 24.3 Å². The highest BCUT2D eigenvalue weighted by Gasteiger charge is 2.19. The van der Waals surface area contributed by atoms with Crippen molar-refractivity contribution in [2.45, 2.75) is 33.2 Å². The van der Waals surface area contributed by atoms with Gasteiger partial charge in [0.05, 0.1) is 23.9 Å². The van der Waals surface area contributed by atoms with Crippen LogP contribution in [0.2, 0.25) is 0 Å². The number of carbonyl (C=O) groups is 1. The summed E-state index contributed by atoms with van der Waals surface area (Å²) in [6, 6.07) is 15.5. The Hall–Kier alpha value is -3.46. The molecule has 1 heterocycles. The van der Waals surface area contributed by atoms with Crippen LogP contribution in [0, 0.1) is 11.3 Å². The topological polar surface area (TPSA) is 79.1 Å². The fourth-order valence-electron chi connectivity index (χ4n) is 3.48. The number of hydrogen-bond donors (Lipinski definition) is 2. The van der Waals surface area contributed by atoms with Crippen molar-refractivity contribution in [2.75, 3.05) is 19.0 Å². The number of carbonyl (C=O) groups excluding carboxylic acids is 1. The van der Waals surface area contributed by atoms with Crippen LogP contribution in [0.25, 0.3) is 22.2 Å². The molecule has 2 aromatic carbocycles. The monoisotopic (exact) mass is 390 g/mol. The SMILES string of the molecule is CCCNC(=O)Nc1cccc(-c2c(C#N)c3ccc(OC)cc3n2CCC)c1. The van der Waals surface area contributed by atoms with Gasteiger partial charge in [0.15, 0.2) is 0 Å². The second-order valence-corrected chi connectivity index (χ2v) is 6.83. The standard InChI is InChI=1S/C23H26N4O2/c1-4-11-25-23(28)26-17-8-6-7-16(13-17)22-20(15-24)19-10-9-18(29-3)14-21(19)27(22)12-5-2/h6-10,13-14H,4-5,11-12H2,1-3H3,(H2,25,26,28). The van der Waals surface area contributed by atoms with Crippen molar-refractivity contribution in [3.63, 3.8) is 0 Å². The minimum atomic E-state index is -0.233. The molecule has 0 aliphatic heterocycles. The van der Waals surface area contributed by atoms with Crippen LogP contribution in [0.15, 0.2) is 42.5 Å². The number of urea groups is 1. The van der Waals surface area contributed by atoms with E-state index in [2.05, 4.69) is 28.2 Å². The van der Waals surface area contributed by atoms with Crippen molar-refractivity contribution in [1.29, 1.82) is 5.26 Å². The van der Waals surface area contributed by atoms with Gasteiger partial charge >= 0.3 is 6.03 Å². The summed E-state index contributed by atoms with van der Waals surface area (Å²) < 4.78 is 7.55. The van der Waals surface area contributed by atoms with E-state index < -0.39 is 0 Å². The Bertz CT molecular complexity index is 1060. The number of nitrogens with zero attached hydrogens (tertiary/aromatic N) is 2. The molecule has 0 saturated carbocycles. The average Bonchev–Trinajstić information content (AvgIpc) is 3.05. The molecule has 6 heteroatoms. The van der Waals surface area contributed by atoms with Gasteiger partial charge in [-0.2, -0.15) is 5.26 Å². The quantitative estimate of drug-likeness (QED) is 0.587. The molecular formula is C23H26N4O2. The van der Waals surface area contributed by atoms with E-state index >= 15 is 0 Å². The summed E-state index contributed by atoms with van der Waals surface area (Å²) in [5, 5.41) is 16.5. The number of ether oxygens (including phenoxy) is 1. The molecule has 1 aromatic heterocycles. The average molecular weight is 390 g/mol. The van der Waals surface area contributed by atoms with Crippen LogP contribution in [0.4, 0.5) is 10.5 Å². The highest BCUT2D eigenvalue weighted by atomic mass is 16.5. The predicted molar refractivity (Wildman–Crippen MR) is 116 cm³/mol. The number of methoxy groups -OCH3 is 1. The number of anilines is 1. The number of nitriles is 1. The number of nitrogens with one attached hydrogen (secondary N) is 2. The summed E-state index contributed by atoms with van der Waals surface area (Å²) in [4.78, 5) is 12.0. The maximum absolute atomic E-state index is 12.0. The first-order valence-corrected chi connectivity index (χ1v) is 9.88. The molecule has 0 aliphatic rings. The molecule has 3 aromatic rings. The normalized spacial score (nSPS) is 10.6. The van der Waals surface area contributed by atoms with Gasteiger partial charge in [0.1, 0.15) is 11.8 Å². The third kappa shape index (κ3) is 4.19. The highest BCUT2D eigenvalue weighted by molar-refractivity contribution is 5.96.